The van der Waals surface area contributed by atoms with E-state index in [0.29, 0.717) is 31.6 Å². The molecule has 164 valence electrons. The lowest BCUT2D eigenvalue weighted by atomic mass is 10.1. The average Bonchev–Trinajstić information content (AvgIpc) is 3.05. The Morgan fingerprint density at radius 3 is 2.45 bits per heavy atom. The van der Waals surface area contributed by atoms with Crippen molar-refractivity contribution in [1.29, 1.82) is 0 Å². The average molecular weight is 515 g/mol. The molecule has 6 nitrogen and oxygen atoms in total. The number of hydrogen-bond donors (Lipinski definition) is 2. The molecule has 1 aliphatic rings. The molecule has 0 spiro atoms. The normalized spacial score (nSPS) is 14.7. The van der Waals surface area contributed by atoms with E-state index in [9.17, 15) is 4.79 Å². The van der Waals surface area contributed by atoms with Crippen molar-refractivity contribution in [3.63, 3.8) is 0 Å². The number of amides is 1. The predicted molar refractivity (Wildman–Crippen MR) is 132 cm³/mol. The predicted octanol–water partition coefficient (Wildman–Crippen LogP) is 3.21. The van der Waals surface area contributed by atoms with Gasteiger partial charge in [-0.1, -0.05) is 24.3 Å². The summed E-state index contributed by atoms with van der Waals surface area (Å²) in [6.45, 7) is 13.1. The van der Waals surface area contributed by atoms with Gasteiger partial charge in [0.05, 0.1) is 0 Å². The summed E-state index contributed by atoms with van der Waals surface area (Å²) >= 11 is 0. The van der Waals surface area contributed by atoms with Gasteiger partial charge in [0.2, 0.25) is 5.91 Å². The Morgan fingerprint density at radius 2 is 1.86 bits per heavy atom. The number of aliphatic imine (C=N–C) groups is 1. The van der Waals surface area contributed by atoms with Crippen LogP contribution < -0.4 is 10.6 Å². The number of carbonyl (C=O) groups excluding carboxylic acids is 1. The molecule has 0 saturated carbocycles. The molecule has 0 unspecified atom stereocenters. The smallest absolute Gasteiger partial charge is 0.222 e. The van der Waals surface area contributed by atoms with Crippen LogP contribution in [0.4, 0.5) is 0 Å². The fourth-order valence-electron chi connectivity index (χ4n) is 3.75. The molecule has 0 aromatic heterocycles. The van der Waals surface area contributed by atoms with Crippen LogP contribution in [0.25, 0.3) is 0 Å². The van der Waals surface area contributed by atoms with Crippen LogP contribution in [0.2, 0.25) is 0 Å². The van der Waals surface area contributed by atoms with Crippen LogP contribution in [0.1, 0.15) is 51.7 Å². The molecule has 2 rings (SSSR count). The van der Waals surface area contributed by atoms with Crippen LogP contribution >= 0.6 is 24.0 Å². The third-order valence-corrected chi connectivity index (χ3v) is 5.21. The number of rotatable bonds is 9. The Hall–Kier alpha value is -1.35. The molecule has 1 heterocycles. The Morgan fingerprint density at radius 1 is 1.17 bits per heavy atom. The van der Waals surface area contributed by atoms with Crippen LogP contribution in [0, 0.1) is 0 Å². The number of benzene rings is 1. The third kappa shape index (κ3) is 8.50. The Kier molecular flexibility index (Phi) is 11.6. The molecule has 1 amide bonds. The lowest BCUT2D eigenvalue weighted by Gasteiger charge is -2.30. The van der Waals surface area contributed by atoms with Crippen LogP contribution in [-0.2, 0) is 17.9 Å². The fourth-order valence-corrected chi connectivity index (χ4v) is 3.75. The molecular weight excluding hydrogens is 477 g/mol. The zero-order valence-corrected chi connectivity index (χ0v) is 20.9. The molecule has 0 radical (unpaired) electrons. The van der Waals surface area contributed by atoms with Gasteiger partial charge in [-0.3, -0.25) is 14.7 Å². The first-order chi connectivity index (χ1) is 13.4. The van der Waals surface area contributed by atoms with E-state index in [-0.39, 0.29) is 29.9 Å². The van der Waals surface area contributed by atoms with Crippen LogP contribution in [-0.4, -0.2) is 60.4 Å². The maximum atomic E-state index is 11.8. The first-order valence-corrected chi connectivity index (χ1v) is 10.5. The standard InChI is InChI=1S/C22H37N5O.HI/c1-17(2)27(18(3)4)13-11-24-22(23-5)25-15-19-8-6-9-20(14-19)16-26-12-7-10-21(26)28;/h6,8-9,14,17-18H,7,10-13,15-16H2,1-5H3,(H2,23,24,25);1H. The first kappa shape index (κ1) is 25.7. The monoisotopic (exact) mass is 515 g/mol. The van der Waals surface area contributed by atoms with Gasteiger partial charge in [-0.2, -0.15) is 0 Å². The van der Waals surface area contributed by atoms with E-state index in [4.69, 9.17) is 0 Å². The van der Waals surface area contributed by atoms with E-state index in [1.807, 2.05) is 4.90 Å². The second kappa shape index (κ2) is 13.1. The number of nitrogens with one attached hydrogen (secondary N) is 2. The molecule has 29 heavy (non-hydrogen) atoms. The minimum absolute atomic E-state index is 0. The fraction of sp³-hybridized carbons (Fsp3) is 0.636. The van der Waals surface area contributed by atoms with Gasteiger partial charge in [0.25, 0.3) is 0 Å². The molecule has 0 atom stereocenters. The van der Waals surface area contributed by atoms with Crippen molar-refractivity contribution in [2.24, 2.45) is 4.99 Å². The van der Waals surface area contributed by atoms with E-state index in [2.05, 4.69) is 72.5 Å². The van der Waals surface area contributed by atoms with Crippen LogP contribution in [0.15, 0.2) is 29.3 Å². The second-order valence-electron chi connectivity index (χ2n) is 8.02. The summed E-state index contributed by atoms with van der Waals surface area (Å²) < 4.78 is 0. The van der Waals surface area contributed by atoms with Gasteiger partial charge >= 0.3 is 0 Å². The summed E-state index contributed by atoms with van der Waals surface area (Å²) in [5.41, 5.74) is 2.38. The zero-order chi connectivity index (χ0) is 20.5. The van der Waals surface area contributed by atoms with E-state index in [1.54, 1.807) is 7.05 Å². The maximum absolute atomic E-state index is 11.8. The van der Waals surface area contributed by atoms with Gasteiger partial charge in [0, 0.05) is 58.3 Å². The highest BCUT2D eigenvalue weighted by atomic mass is 127. The quantitative estimate of drug-likeness (QED) is 0.301. The first-order valence-electron chi connectivity index (χ1n) is 10.5. The van der Waals surface area contributed by atoms with Gasteiger partial charge in [-0.05, 0) is 45.2 Å². The summed E-state index contributed by atoms with van der Waals surface area (Å²) in [6.07, 6.45) is 1.67. The largest absolute Gasteiger partial charge is 0.355 e. The molecule has 0 aliphatic carbocycles. The molecular formula is C22H38IN5O. The minimum Gasteiger partial charge on any atom is -0.355 e. The summed E-state index contributed by atoms with van der Waals surface area (Å²) in [5, 5.41) is 6.79. The van der Waals surface area contributed by atoms with E-state index in [0.717, 1.165) is 32.0 Å². The number of carbonyl (C=O) groups is 1. The molecule has 1 saturated heterocycles. The van der Waals surface area contributed by atoms with E-state index < -0.39 is 0 Å². The van der Waals surface area contributed by atoms with Gasteiger partial charge < -0.3 is 15.5 Å². The topological polar surface area (TPSA) is 60.0 Å². The van der Waals surface area contributed by atoms with Gasteiger partial charge in [-0.15, -0.1) is 24.0 Å². The molecule has 2 N–H and O–H groups in total. The Bertz CT molecular complexity index is 654. The van der Waals surface area contributed by atoms with Crippen molar-refractivity contribution in [2.45, 2.75) is 65.7 Å². The minimum atomic E-state index is 0. The maximum Gasteiger partial charge on any atom is 0.222 e. The van der Waals surface area contributed by atoms with E-state index in [1.165, 1.54) is 11.1 Å². The van der Waals surface area contributed by atoms with Crippen molar-refractivity contribution >= 4 is 35.8 Å². The second-order valence-corrected chi connectivity index (χ2v) is 8.02. The van der Waals surface area contributed by atoms with Gasteiger partial charge in [-0.25, -0.2) is 0 Å². The Balaban J connectivity index is 0.00000420. The summed E-state index contributed by atoms with van der Waals surface area (Å²) in [7, 11) is 1.80. The highest BCUT2D eigenvalue weighted by Crippen LogP contribution is 2.15. The summed E-state index contributed by atoms with van der Waals surface area (Å²) in [4.78, 5) is 20.6. The van der Waals surface area contributed by atoms with Crippen LogP contribution in [0.5, 0.6) is 0 Å². The molecule has 1 fully saturated rings. The summed E-state index contributed by atoms with van der Waals surface area (Å²) in [6, 6.07) is 9.49. The van der Waals surface area contributed by atoms with Crippen molar-refractivity contribution in [3.8, 4) is 0 Å². The lowest BCUT2D eigenvalue weighted by molar-refractivity contribution is -0.128. The number of halogens is 1. The molecule has 1 aromatic carbocycles. The van der Waals surface area contributed by atoms with Crippen molar-refractivity contribution in [2.75, 3.05) is 26.7 Å². The van der Waals surface area contributed by atoms with Crippen LogP contribution in [0.3, 0.4) is 0 Å². The SMILES string of the molecule is CN=C(NCCN(C(C)C)C(C)C)NCc1cccc(CN2CCCC2=O)c1.I. The number of guanidine groups is 1. The highest BCUT2D eigenvalue weighted by molar-refractivity contribution is 14.0. The third-order valence-electron chi connectivity index (χ3n) is 5.21. The highest BCUT2D eigenvalue weighted by Gasteiger charge is 2.20. The van der Waals surface area contributed by atoms with Gasteiger partial charge in [0.15, 0.2) is 5.96 Å². The number of likely N-dealkylation sites (tertiary alicyclic amines) is 1. The van der Waals surface area contributed by atoms with Crippen molar-refractivity contribution in [3.05, 3.63) is 35.4 Å². The molecule has 0 bridgehead atoms. The molecule has 1 aromatic rings. The van der Waals surface area contributed by atoms with E-state index >= 15 is 0 Å². The van der Waals surface area contributed by atoms with Crippen molar-refractivity contribution < 1.29 is 4.79 Å². The zero-order valence-electron chi connectivity index (χ0n) is 18.6. The van der Waals surface area contributed by atoms with Gasteiger partial charge in [0.1, 0.15) is 0 Å². The Labute approximate surface area is 193 Å². The number of nitrogens with zero attached hydrogens (tertiary/aromatic N) is 3. The van der Waals surface area contributed by atoms with Crippen molar-refractivity contribution in [1.82, 2.24) is 20.4 Å². The number of hydrogen-bond acceptors (Lipinski definition) is 3. The molecule has 1 aliphatic heterocycles. The molecule has 7 heteroatoms. The summed E-state index contributed by atoms with van der Waals surface area (Å²) in [5.74, 6) is 1.08. The lowest BCUT2D eigenvalue weighted by Crippen LogP contribution is -2.45.